The molecule has 5 aromatic rings. The molecule has 40 heavy (non-hydrogen) atoms. The van der Waals surface area contributed by atoms with Crippen LogP contribution in [0.4, 0.5) is 19.0 Å². The number of thiophene rings is 1. The van der Waals surface area contributed by atoms with Crippen LogP contribution < -0.4 is 10.2 Å². The molecule has 0 saturated heterocycles. The van der Waals surface area contributed by atoms with Gasteiger partial charge in [0.15, 0.2) is 0 Å². The first-order valence-electron chi connectivity index (χ1n) is 12.8. The van der Waals surface area contributed by atoms with E-state index in [0.29, 0.717) is 40.6 Å². The molecule has 1 aliphatic rings. The molecule has 1 fully saturated rings. The maximum Gasteiger partial charge on any atom is 0.393 e. The summed E-state index contributed by atoms with van der Waals surface area (Å²) >= 11 is 7.23. The van der Waals surface area contributed by atoms with Gasteiger partial charge in [-0.15, -0.1) is 11.3 Å². The molecule has 1 saturated carbocycles. The first-order chi connectivity index (χ1) is 19.2. The number of aromatic amines is 1. The lowest BCUT2D eigenvalue weighted by atomic mass is 10.0. The first kappa shape index (κ1) is 26.9. The lowest BCUT2D eigenvalue weighted by molar-refractivity contribution is -0.126. The number of halogens is 4. The van der Waals surface area contributed by atoms with E-state index >= 15 is 0 Å². The van der Waals surface area contributed by atoms with Crippen molar-refractivity contribution in [3.05, 3.63) is 70.7 Å². The van der Waals surface area contributed by atoms with E-state index in [1.807, 2.05) is 24.2 Å². The number of aliphatic hydroxyl groups excluding tert-OH is 1. The maximum absolute atomic E-state index is 12.9. The summed E-state index contributed by atoms with van der Waals surface area (Å²) in [6, 6.07) is 11.5. The van der Waals surface area contributed by atoms with Gasteiger partial charge in [-0.2, -0.15) is 13.2 Å². The van der Waals surface area contributed by atoms with Gasteiger partial charge in [-0.05, 0) is 36.1 Å². The second kappa shape index (κ2) is 10.6. The highest BCUT2D eigenvalue weighted by Gasteiger charge is 2.37. The second-order valence-electron chi connectivity index (χ2n) is 10.1. The molecule has 0 radical (unpaired) electrons. The quantitative estimate of drug-likeness (QED) is 0.199. The largest absolute Gasteiger partial charge is 0.393 e. The van der Waals surface area contributed by atoms with Gasteiger partial charge in [-0.1, -0.05) is 35.9 Å². The molecule has 3 N–H and O–H groups in total. The van der Waals surface area contributed by atoms with Crippen molar-refractivity contribution in [3.8, 4) is 11.1 Å². The Morgan fingerprint density at radius 3 is 2.70 bits per heavy atom. The van der Waals surface area contributed by atoms with Gasteiger partial charge in [0.1, 0.15) is 22.1 Å². The van der Waals surface area contributed by atoms with E-state index in [1.165, 1.54) is 12.4 Å². The number of nitrogens with one attached hydrogen (secondary N) is 2. The molecule has 4 heterocycles. The number of alkyl halides is 3. The summed E-state index contributed by atoms with van der Waals surface area (Å²) in [6.45, 7) is 0.633. The molecule has 0 bridgehead atoms. The molecule has 4 aromatic heterocycles. The minimum absolute atomic E-state index is 0.0710. The van der Waals surface area contributed by atoms with E-state index in [-0.39, 0.29) is 17.0 Å². The summed E-state index contributed by atoms with van der Waals surface area (Å²) in [5.74, 6) is 0.530. The summed E-state index contributed by atoms with van der Waals surface area (Å²) in [7, 11) is 1.82. The van der Waals surface area contributed by atoms with Crippen LogP contribution in [0.5, 0.6) is 0 Å². The number of pyridine rings is 1. The van der Waals surface area contributed by atoms with Gasteiger partial charge in [0, 0.05) is 47.9 Å². The van der Waals surface area contributed by atoms with Crippen LogP contribution in [0.1, 0.15) is 23.3 Å². The van der Waals surface area contributed by atoms with Gasteiger partial charge in [0.25, 0.3) is 0 Å². The summed E-state index contributed by atoms with van der Waals surface area (Å²) in [4.78, 5) is 18.6. The van der Waals surface area contributed by atoms with E-state index in [9.17, 15) is 18.3 Å². The summed E-state index contributed by atoms with van der Waals surface area (Å²) in [6.07, 6.45) is 0.316. The number of nitrogens with zero attached hydrogens (tertiary/aromatic N) is 4. The first-order valence-corrected chi connectivity index (χ1v) is 14.0. The molecule has 208 valence electrons. The van der Waals surface area contributed by atoms with Crippen molar-refractivity contribution in [1.82, 2.24) is 25.3 Å². The molecule has 6 rings (SSSR count). The number of H-pyrrole nitrogens is 1. The highest BCUT2D eigenvalue weighted by molar-refractivity contribution is 7.18. The molecule has 0 amide bonds. The molecule has 1 aliphatic carbocycles. The molecule has 0 aliphatic heterocycles. The minimum atomic E-state index is -4.29. The van der Waals surface area contributed by atoms with Crippen molar-refractivity contribution >= 4 is 49.9 Å². The number of aliphatic hydroxyl groups is 1. The Morgan fingerprint density at radius 2 is 1.93 bits per heavy atom. The van der Waals surface area contributed by atoms with Crippen molar-refractivity contribution in [2.24, 2.45) is 0 Å². The molecule has 12 heteroatoms. The summed E-state index contributed by atoms with van der Waals surface area (Å²) in [5.41, 5.74) is 4.05. The fourth-order valence-electron chi connectivity index (χ4n) is 5.49. The third-order valence-corrected chi connectivity index (χ3v) is 8.81. The SMILES string of the molecule is CN(c1ncnc2sc(CC(F)(F)F)cc12)[C@H]1C[C@@H](NCc2ccc(-c3cnc(Cl)c4cc[nH]c34)cc2)C[C@H]1O. The van der Waals surface area contributed by atoms with Crippen molar-refractivity contribution in [2.45, 2.75) is 50.2 Å². The minimum Gasteiger partial charge on any atom is -0.391 e. The molecular weight excluding hydrogens is 561 g/mol. The molecule has 0 spiro atoms. The van der Waals surface area contributed by atoms with Gasteiger partial charge in [-0.3, -0.25) is 0 Å². The molecule has 0 unspecified atom stereocenters. The van der Waals surface area contributed by atoms with Crippen molar-refractivity contribution in [3.63, 3.8) is 0 Å². The Morgan fingerprint density at radius 1 is 1.12 bits per heavy atom. The standard InChI is InChI=1S/C28H26ClF3N6OS/c1-38(26-20-10-18(11-28(30,31)32)40-27(20)37-14-36-26)22-8-17(9-23(22)39)34-12-15-2-4-16(5-3-15)21-13-35-25(29)19-6-7-33-24(19)21/h2-7,10,13-14,17,22-23,33-34,39H,8-9,11-12H2,1H3/t17-,22+,23-/m1/s1. The fourth-order valence-corrected chi connectivity index (χ4v) is 6.72. The van der Waals surface area contributed by atoms with Crippen LogP contribution in [-0.4, -0.2) is 56.5 Å². The monoisotopic (exact) mass is 586 g/mol. The number of hydrogen-bond donors (Lipinski definition) is 3. The number of aromatic nitrogens is 4. The number of benzene rings is 1. The number of rotatable bonds is 7. The van der Waals surface area contributed by atoms with Crippen LogP contribution in [0.3, 0.4) is 0 Å². The van der Waals surface area contributed by atoms with Gasteiger partial charge < -0.3 is 20.3 Å². The molecule has 3 atom stereocenters. The predicted molar refractivity (Wildman–Crippen MR) is 152 cm³/mol. The predicted octanol–water partition coefficient (Wildman–Crippen LogP) is 6.11. The van der Waals surface area contributed by atoms with Gasteiger partial charge in [0.05, 0.1) is 29.5 Å². The number of anilines is 1. The highest BCUT2D eigenvalue weighted by atomic mass is 35.5. The second-order valence-corrected chi connectivity index (χ2v) is 11.6. The van der Waals surface area contributed by atoms with Gasteiger partial charge >= 0.3 is 6.18 Å². The zero-order chi connectivity index (χ0) is 28.0. The van der Waals surface area contributed by atoms with Crippen LogP contribution in [-0.2, 0) is 13.0 Å². The third-order valence-electron chi connectivity index (χ3n) is 7.47. The van der Waals surface area contributed by atoms with Crippen molar-refractivity contribution < 1.29 is 18.3 Å². The third kappa shape index (κ3) is 5.38. The lowest BCUT2D eigenvalue weighted by Gasteiger charge is -2.28. The topological polar surface area (TPSA) is 90.0 Å². The Bertz CT molecular complexity index is 1650. The van der Waals surface area contributed by atoms with Crippen LogP contribution in [0.15, 0.2) is 55.1 Å². The van der Waals surface area contributed by atoms with Gasteiger partial charge in [0.2, 0.25) is 0 Å². The van der Waals surface area contributed by atoms with E-state index in [1.54, 1.807) is 6.20 Å². The average molecular weight is 587 g/mol. The lowest BCUT2D eigenvalue weighted by Crippen LogP contribution is -2.38. The van der Waals surface area contributed by atoms with E-state index in [0.717, 1.165) is 38.9 Å². The zero-order valence-electron chi connectivity index (χ0n) is 21.4. The zero-order valence-corrected chi connectivity index (χ0v) is 23.0. The summed E-state index contributed by atoms with van der Waals surface area (Å²) < 4.78 is 38.8. The number of fused-ring (bicyclic) bond motifs is 2. The number of hydrogen-bond acceptors (Lipinski definition) is 7. The van der Waals surface area contributed by atoms with Crippen molar-refractivity contribution in [2.75, 3.05) is 11.9 Å². The summed E-state index contributed by atoms with van der Waals surface area (Å²) in [5, 5.41) is 16.3. The van der Waals surface area contributed by atoms with Gasteiger partial charge in [-0.25, -0.2) is 15.0 Å². The average Bonchev–Trinajstić information content (AvgIpc) is 3.65. The molecule has 7 nitrogen and oxygen atoms in total. The maximum atomic E-state index is 12.9. The van der Waals surface area contributed by atoms with Crippen LogP contribution in [0, 0.1) is 0 Å². The Labute approximate surface area is 237 Å². The Hall–Kier alpha value is -3.25. The van der Waals surface area contributed by atoms with E-state index < -0.39 is 18.7 Å². The van der Waals surface area contributed by atoms with Crippen LogP contribution in [0.25, 0.3) is 32.2 Å². The normalized spacial score (nSPS) is 19.6. The molecule has 1 aromatic carbocycles. The Balaban J connectivity index is 1.11. The Kier molecular flexibility index (Phi) is 7.16. The van der Waals surface area contributed by atoms with Crippen molar-refractivity contribution in [1.29, 1.82) is 0 Å². The van der Waals surface area contributed by atoms with Crippen LogP contribution in [0.2, 0.25) is 5.15 Å². The molecular formula is C28H26ClF3N6OS. The highest BCUT2D eigenvalue weighted by Crippen LogP contribution is 2.36. The van der Waals surface area contributed by atoms with E-state index in [2.05, 4.69) is 49.5 Å². The van der Waals surface area contributed by atoms with Crippen LogP contribution >= 0.6 is 22.9 Å². The van der Waals surface area contributed by atoms with E-state index in [4.69, 9.17) is 11.6 Å². The smallest absolute Gasteiger partial charge is 0.391 e. The fraction of sp³-hybridized carbons (Fsp3) is 0.321. The number of likely N-dealkylation sites (N-methyl/N-ethyl adjacent to an activating group) is 1.